The maximum absolute atomic E-state index is 11.3. The average molecular weight is 341 g/mol. The number of carbonyl (C=O) groups excluding carboxylic acids is 1. The molecule has 0 spiro atoms. The van der Waals surface area contributed by atoms with Crippen molar-refractivity contribution < 1.29 is 39.5 Å². The molecule has 0 radical (unpaired) electrons. The minimum atomic E-state index is -1.41. The van der Waals surface area contributed by atoms with E-state index in [9.17, 15) is 24.9 Å². The van der Waals surface area contributed by atoms with Crippen LogP contribution in [0.3, 0.4) is 0 Å². The third-order valence-corrected chi connectivity index (χ3v) is 3.60. The fourth-order valence-corrected chi connectivity index (χ4v) is 2.38. The Hall–Kier alpha value is -2.20. The third-order valence-electron chi connectivity index (χ3n) is 3.60. The second kappa shape index (κ2) is 7.58. The molecule has 0 bridgehead atoms. The van der Waals surface area contributed by atoms with Gasteiger partial charge in [-0.15, -0.1) is 0 Å². The Kier molecular flexibility index (Phi) is 5.73. The summed E-state index contributed by atoms with van der Waals surface area (Å²) in [6.45, 7) is 0.679. The lowest BCUT2D eigenvalue weighted by atomic mass is 9.97. The van der Waals surface area contributed by atoms with Crippen molar-refractivity contribution in [1.29, 1.82) is 0 Å². The molecule has 1 aliphatic rings. The molecule has 1 heterocycles. The first-order valence-corrected chi connectivity index (χ1v) is 7.23. The quantitative estimate of drug-likeness (QED) is 0.445. The van der Waals surface area contributed by atoms with Gasteiger partial charge in [0.25, 0.3) is 0 Å². The molecule has 24 heavy (non-hydrogen) atoms. The zero-order valence-electron chi connectivity index (χ0n) is 12.8. The number of hydrogen-bond acceptors (Lipinski definition) is 7. The topological polar surface area (TPSA) is 146 Å². The minimum absolute atomic E-state index is 0.0639. The van der Waals surface area contributed by atoms with Crippen LogP contribution < -0.4 is 10.1 Å². The Morgan fingerprint density at radius 1 is 1.21 bits per heavy atom. The van der Waals surface area contributed by atoms with Crippen LogP contribution in [0.1, 0.15) is 17.3 Å². The summed E-state index contributed by atoms with van der Waals surface area (Å²) < 4.78 is 10.9. The number of hydrogen-bond donors (Lipinski definition) is 5. The highest BCUT2D eigenvalue weighted by molar-refractivity contribution is 5.87. The van der Waals surface area contributed by atoms with Crippen LogP contribution in [0.4, 0.5) is 0 Å². The summed E-state index contributed by atoms with van der Waals surface area (Å²) >= 11 is 0. The molecule has 1 fully saturated rings. The number of nitrogens with one attached hydrogen (secondary N) is 1. The Bertz CT molecular complexity index is 590. The van der Waals surface area contributed by atoms with Gasteiger partial charge in [0.2, 0.25) is 12.2 Å². The van der Waals surface area contributed by atoms with E-state index in [1.165, 1.54) is 31.2 Å². The van der Waals surface area contributed by atoms with Crippen molar-refractivity contribution in [2.45, 2.75) is 37.6 Å². The molecule has 132 valence electrons. The van der Waals surface area contributed by atoms with E-state index in [1.807, 2.05) is 0 Å². The van der Waals surface area contributed by atoms with Crippen LogP contribution in [0, 0.1) is 0 Å². The highest BCUT2D eigenvalue weighted by Crippen LogP contribution is 2.24. The summed E-state index contributed by atoms with van der Waals surface area (Å²) in [5.41, 5.74) is 0.0639. The predicted molar refractivity (Wildman–Crippen MR) is 79.4 cm³/mol. The molecule has 5 atom stereocenters. The molecule has 0 saturated carbocycles. The number of rotatable bonds is 5. The van der Waals surface area contributed by atoms with Crippen LogP contribution in [0.15, 0.2) is 24.3 Å². The molecule has 5 N–H and O–H groups in total. The van der Waals surface area contributed by atoms with Crippen LogP contribution in [0.2, 0.25) is 0 Å². The Labute approximate surface area is 137 Å². The van der Waals surface area contributed by atoms with Gasteiger partial charge in [-0.1, -0.05) is 0 Å². The number of benzene rings is 1. The maximum atomic E-state index is 11.3. The predicted octanol–water partition coefficient (Wildman–Crippen LogP) is -1.29. The van der Waals surface area contributed by atoms with Crippen molar-refractivity contribution >= 4 is 11.9 Å². The number of carboxylic acids is 1. The van der Waals surface area contributed by atoms with Crippen molar-refractivity contribution in [3.05, 3.63) is 29.8 Å². The number of aliphatic hydroxyl groups is 3. The summed E-state index contributed by atoms with van der Waals surface area (Å²) in [4.78, 5) is 22.1. The van der Waals surface area contributed by atoms with E-state index in [-0.39, 0.29) is 11.3 Å². The zero-order chi connectivity index (χ0) is 17.9. The van der Waals surface area contributed by atoms with Crippen LogP contribution in [0.5, 0.6) is 5.75 Å². The summed E-state index contributed by atoms with van der Waals surface area (Å²) in [5.74, 6) is -1.32. The molecule has 9 heteroatoms. The maximum Gasteiger partial charge on any atom is 0.335 e. The first kappa shape index (κ1) is 18.1. The van der Waals surface area contributed by atoms with Gasteiger partial charge in [0.05, 0.1) is 12.2 Å². The van der Waals surface area contributed by atoms with E-state index in [4.69, 9.17) is 14.6 Å². The Morgan fingerprint density at radius 3 is 2.33 bits per heavy atom. The Morgan fingerprint density at radius 2 is 1.83 bits per heavy atom. The van der Waals surface area contributed by atoms with Gasteiger partial charge in [0.1, 0.15) is 30.1 Å². The number of aromatic carboxylic acids is 1. The molecule has 1 saturated heterocycles. The highest BCUT2D eigenvalue weighted by Gasteiger charge is 2.46. The van der Waals surface area contributed by atoms with Gasteiger partial charge in [-0.3, -0.25) is 4.79 Å². The molecule has 2 rings (SSSR count). The van der Waals surface area contributed by atoms with Crippen LogP contribution in [-0.2, 0) is 9.53 Å². The molecule has 1 aromatic rings. The van der Waals surface area contributed by atoms with E-state index in [2.05, 4.69) is 5.32 Å². The van der Waals surface area contributed by atoms with E-state index >= 15 is 0 Å². The molecule has 0 aliphatic carbocycles. The van der Waals surface area contributed by atoms with E-state index < -0.39 is 49.1 Å². The standard InChI is InChI=1S/C15H19NO8/c1-7(18)16-11-13(20)12(19)10(6-17)24-15(11)23-9-4-2-8(3-5-9)14(21)22/h2-5,10-13,15,17,19-20H,6H2,1H3,(H,16,18)(H,21,22). The van der Waals surface area contributed by atoms with Crippen LogP contribution >= 0.6 is 0 Å². The summed E-state index contributed by atoms with van der Waals surface area (Å²) in [5, 5.41) is 40.6. The molecule has 5 unspecified atom stereocenters. The number of ether oxygens (including phenoxy) is 2. The minimum Gasteiger partial charge on any atom is -0.478 e. The van der Waals surface area contributed by atoms with E-state index in [1.54, 1.807) is 0 Å². The van der Waals surface area contributed by atoms with E-state index in [0.29, 0.717) is 0 Å². The second-order valence-corrected chi connectivity index (χ2v) is 5.38. The van der Waals surface area contributed by atoms with E-state index in [0.717, 1.165) is 0 Å². The molecule has 9 nitrogen and oxygen atoms in total. The second-order valence-electron chi connectivity index (χ2n) is 5.38. The number of carboxylic acid groups (broad SMARTS) is 1. The highest BCUT2D eigenvalue weighted by atomic mass is 16.7. The summed E-state index contributed by atoms with van der Waals surface area (Å²) in [6.07, 6.45) is -5.09. The molecule has 1 aliphatic heterocycles. The third kappa shape index (κ3) is 4.01. The van der Waals surface area contributed by atoms with Crippen molar-refractivity contribution in [2.24, 2.45) is 0 Å². The number of aliphatic hydroxyl groups excluding tert-OH is 3. The largest absolute Gasteiger partial charge is 0.478 e. The fraction of sp³-hybridized carbons (Fsp3) is 0.467. The fourth-order valence-electron chi connectivity index (χ4n) is 2.38. The van der Waals surface area contributed by atoms with Crippen molar-refractivity contribution in [2.75, 3.05) is 6.61 Å². The van der Waals surface area contributed by atoms with Gasteiger partial charge < -0.3 is 35.2 Å². The molecular weight excluding hydrogens is 322 g/mol. The molecule has 1 amide bonds. The average Bonchev–Trinajstić information content (AvgIpc) is 2.54. The van der Waals surface area contributed by atoms with Crippen molar-refractivity contribution in [1.82, 2.24) is 5.32 Å². The lowest BCUT2D eigenvalue weighted by molar-refractivity contribution is -0.244. The zero-order valence-corrected chi connectivity index (χ0v) is 12.8. The lowest BCUT2D eigenvalue weighted by Crippen LogP contribution is -2.65. The van der Waals surface area contributed by atoms with Crippen LogP contribution in [0.25, 0.3) is 0 Å². The van der Waals surface area contributed by atoms with Gasteiger partial charge in [-0.25, -0.2) is 4.79 Å². The SMILES string of the molecule is CC(=O)NC1C(Oc2ccc(C(=O)O)cc2)OC(CO)C(O)C1O. The first-order valence-electron chi connectivity index (χ1n) is 7.23. The summed E-state index contributed by atoms with van der Waals surface area (Å²) in [6, 6.07) is 4.36. The molecule has 0 aromatic heterocycles. The van der Waals surface area contributed by atoms with Gasteiger partial charge in [0.15, 0.2) is 0 Å². The number of amides is 1. The first-order chi connectivity index (χ1) is 11.3. The Balaban J connectivity index is 2.19. The van der Waals surface area contributed by atoms with Gasteiger partial charge in [0, 0.05) is 6.92 Å². The summed E-state index contributed by atoms with van der Waals surface area (Å²) in [7, 11) is 0. The lowest BCUT2D eigenvalue weighted by Gasteiger charge is -2.42. The van der Waals surface area contributed by atoms with Gasteiger partial charge in [-0.05, 0) is 24.3 Å². The van der Waals surface area contributed by atoms with Crippen molar-refractivity contribution in [3.8, 4) is 5.75 Å². The van der Waals surface area contributed by atoms with Crippen molar-refractivity contribution in [3.63, 3.8) is 0 Å². The van der Waals surface area contributed by atoms with Gasteiger partial charge >= 0.3 is 5.97 Å². The monoisotopic (exact) mass is 341 g/mol. The normalized spacial score (nSPS) is 29.8. The smallest absolute Gasteiger partial charge is 0.335 e. The number of carbonyl (C=O) groups is 2. The molecule has 1 aromatic carbocycles. The molecular formula is C15H19NO8. The van der Waals surface area contributed by atoms with Crippen LogP contribution in [-0.4, -0.2) is 69.6 Å². The van der Waals surface area contributed by atoms with Gasteiger partial charge in [-0.2, -0.15) is 0 Å².